The van der Waals surface area contributed by atoms with Crippen LogP contribution in [0.3, 0.4) is 0 Å². The van der Waals surface area contributed by atoms with Gasteiger partial charge in [0.15, 0.2) is 0 Å². The fourth-order valence-electron chi connectivity index (χ4n) is 1.41. The first kappa shape index (κ1) is 10.7. The first-order chi connectivity index (χ1) is 5.89. The lowest BCUT2D eigenvalue weighted by Gasteiger charge is -2.33. The average molecular weight is 184 g/mol. The summed E-state index contributed by atoms with van der Waals surface area (Å²) in [5.41, 5.74) is 0.188. The Hall–Kier alpha value is -0.410. The van der Waals surface area contributed by atoms with E-state index in [2.05, 4.69) is 38.0 Å². The Morgan fingerprint density at radius 2 is 2.15 bits per heavy atom. The van der Waals surface area contributed by atoms with Crippen LogP contribution in [0.4, 0.5) is 0 Å². The van der Waals surface area contributed by atoms with Gasteiger partial charge in [0.1, 0.15) is 5.78 Å². The van der Waals surface area contributed by atoms with Crippen molar-refractivity contribution in [2.45, 2.75) is 38.8 Å². The van der Waals surface area contributed by atoms with E-state index in [0.717, 1.165) is 6.54 Å². The molecule has 0 aliphatic carbocycles. The fourth-order valence-corrected chi connectivity index (χ4v) is 1.41. The Morgan fingerprint density at radius 1 is 1.54 bits per heavy atom. The van der Waals surface area contributed by atoms with E-state index < -0.39 is 0 Å². The zero-order chi connectivity index (χ0) is 10.1. The largest absolute Gasteiger partial charge is 0.305 e. The van der Waals surface area contributed by atoms with Gasteiger partial charge in [-0.25, -0.2) is 0 Å². The molecule has 3 heteroatoms. The third kappa shape index (κ3) is 3.08. The first-order valence-electron chi connectivity index (χ1n) is 4.86. The second-order valence-corrected chi connectivity index (χ2v) is 4.87. The molecular formula is C10H20N2O. The lowest BCUT2D eigenvalue weighted by Crippen LogP contribution is -2.45. The quantitative estimate of drug-likeness (QED) is 0.684. The summed E-state index contributed by atoms with van der Waals surface area (Å²) >= 11 is 0. The molecule has 0 amide bonds. The maximum Gasteiger partial charge on any atom is 0.148 e. The van der Waals surface area contributed by atoms with Crippen LogP contribution >= 0.6 is 0 Å². The minimum atomic E-state index is 0.188. The molecule has 1 unspecified atom stereocenters. The number of likely N-dealkylation sites (N-methyl/N-ethyl adjacent to an activating group) is 1. The number of Topliss-reactive ketones (excluding diaryl/α,β-unsaturated/α-hetero) is 1. The molecule has 0 spiro atoms. The van der Waals surface area contributed by atoms with Crippen LogP contribution in [0, 0.1) is 0 Å². The number of nitrogens with one attached hydrogen (secondary N) is 1. The second kappa shape index (κ2) is 3.76. The Labute approximate surface area is 80.5 Å². The molecule has 0 radical (unpaired) electrons. The third-order valence-corrected chi connectivity index (χ3v) is 2.70. The van der Waals surface area contributed by atoms with E-state index in [-0.39, 0.29) is 5.54 Å². The van der Waals surface area contributed by atoms with E-state index in [1.54, 1.807) is 0 Å². The summed E-state index contributed by atoms with van der Waals surface area (Å²) in [6.45, 7) is 8.06. The molecule has 3 nitrogen and oxygen atoms in total. The average Bonchev–Trinajstić information content (AvgIpc) is 2.33. The van der Waals surface area contributed by atoms with Gasteiger partial charge in [0.2, 0.25) is 0 Å². The lowest BCUT2D eigenvalue weighted by atomic mass is 10.1. The van der Waals surface area contributed by atoms with E-state index in [1.165, 1.54) is 0 Å². The summed E-state index contributed by atoms with van der Waals surface area (Å²) in [5, 5.41) is 3.22. The van der Waals surface area contributed by atoms with Gasteiger partial charge < -0.3 is 5.32 Å². The number of nitrogens with zero attached hydrogens (tertiary/aromatic N) is 1. The molecule has 0 aromatic heterocycles. The molecule has 0 saturated carbocycles. The van der Waals surface area contributed by atoms with Crippen molar-refractivity contribution in [2.75, 3.05) is 20.1 Å². The van der Waals surface area contributed by atoms with Gasteiger partial charge in [-0.15, -0.1) is 0 Å². The predicted molar refractivity (Wildman–Crippen MR) is 53.8 cm³/mol. The molecule has 1 aliphatic heterocycles. The van der Waals surface area contributed by atoms with Crippen LogP contribution in [0.15, 0.2) is 0 Å². The fraction of sp³-hybridized carbons (Fsp3) is 0.900. The van der Waals surface area contributed by atoms with Gasteiger partial charge in [0.05, 0.1) is 6.54 Å². The Bertz CT molecular complexity index is 196. The molecule has 1 aliphatic rings. The molecule has 1 atom stereocenters. The Morgan fingerprint density at radius 3 is 2.54 bits per heavy atom. The molecule has 0 aromatic carbocycles. The molecule has 0 aromatic rings. The maximum atomic E-state index is 11.0. The van der Waals surface area contributed by atoms with Gasteiger partial charge in [-0.05, 0) is 27.8 Å². The normalized spacial score (nSPS) is 24.4. The number of hydrogen-bond acceptors (Lipinski definition) is 3. The SMILES string of the molecule is CN(CC1CC(=O)CN1)C(C)(C)C. The molecular weight excluding hydrogens is 164 g/mol. The van der Waals surface area contributed by atoms with Gasteiger partial charge >= 0.3 is 0 Å². The Balaban J connectivity index is 2.37. The molecule has 1 N–H and O–H groups in total. The van der Waals surface area contributed by atoms with Crippen LogP contribution in [0.2, 0.25) is 0 Å². The van der Waals surface area contributed by atoms with Gasteiger partial charge in [-0.2, -0.15) is 0 Å². The molecule has 1 heterocycles. The summed E-state index contributed by atoms with van der Waals surface area (Å²) in [6.07, 6.45) is 0.695. The smallest absolute Gasteiger partial charge is 0.148 e. The van der Waals surface area contributed by atoms with Crippen LogP contribution < -0.4 is 5.32 Å². The van der Waals surface area contributed by atoms with Crippen LogP contribution in [-0.4, -0.2) is 42.4 Å². The topological polar surface area (TPSA) is 32.3 Å². The van der Waals surface area contributed by atoms with Crippen molar-refractivity contribution in [2.24, 2.45) is 0 Å². The van der Waals surface area contributed by atoms with Gasteiger partial charge in [0.25, 0.3) is 0 Å². The third-order valence-electron chi connectivity index (χ3n) is 2.70. The van der Waals surface area contributed by atoms with Gasteiger partial charge in [0, 0.05) is 24.5 Å². The van der Waals surface area contributed by atoms with Crippen molar-refractivity contribution >= 4 is 5.78 Å². The van der Waals surface area contributed by atoms with E-state index in [9.17, 15) is 4.79 Å². The van der Waals surface area contributed by atoms with Crippen LogP contribution in [0.5, 0.6) is 0 Å². The molecule has 13 heavy (non-hydrogen) atoms. The van der Waals surface area contributed by atoms with Crippen molar-refractivity contribution in [1.29, 1.82) is 0 Å². The molecule has 0 bridgehead atoms. The van der Waals surface area contributed by atoms with E-state index >= 15 is 0 Å². The van der Waals surface area contributed by atoms with E-state index in [4.69, 9.17) is 0 Å². The summed E-state index contributed by atoms with van der Waals surface area (Å²) in [5.74, 6) is 0.340. The Kier molecular flexibility index (Phi) is 3.09. The highest BCUT2D eigenvalue weighted by atomic mass is 16.1. The number of carbonyl (C=O) groups excluding carboxylic acids is 1. The maximum absolute atomic E-state index is 11.0. The number of rotatable bonds is 2. The zero-order valence-electron chi connectivity index (χ0n) is 9.05. The van der Waals surface area contributed by atoms with Gasteiger partial charge in [-0.3, -0.25) is 9.69 Å². The van der Waals surface area contributed by atoms with Crippen molar-refractivity contribution in [3.8, 4) is 0 Å². The summed E-state index contributed by atoms with van der Waals surface area (Å²) < 4.78 is 0. The summed E-state index contributed by atoms with van der Waals surface area (Å²) in [6, 6.07) is 0.358. The summed E-state index contributed by atoms with van der Waals surface area (Å²) in [7, 11) is 2.10. The minimum Gasteiger partial charge on any atom is -0.305 e. The molecule has 1 rings (SSSR count). The molecule has 1 fully saturated rings. The van der Waals surface area contributed by atoms with Crippen molar-refractivity contribution in [3.63, 3.8) is 0 Å². The highest BCUT2D eigenvalue weighted by molar-refractivity contribution is 5.83. The highest BCUT2D eigenvalue weighted by Crippen LogP contribution is 2.13. The number of hydrogen-bond donors (Lipinski definition) is 1. The van der Waals surface area contributed by atoms with Crippen LogP contribution in [0.25, 0.3) is 0 Å². The van der Waals surface area contributed by atoms with E-state index in [1.807, 2.05) is 0 Å². The van der Waals surface area contributed by atoms with Crippen molar-refractivity contribution in [1.82, 2.24) is 10.2 Å². The summed E-state index contributed by atoms with van der Waals surface area (Å²) in [4.78, 5) is 13.3. The second-order valence-electron chi connectivity index (χ2n) is 4.87. The molecule has 76 valence electrons. The van der Waals surface area contributed by atoms with Gasteiger partial charge in [-0.1, -0.05) is 0 Å². The van der Waals surface area contributed by atoms with Crippen molar-refractivity contribution in [3.05, 3.63) is 0 Å². The highest BCUT2D eigenvalue weighted by Gasteiger charge is 2.25. The standard InChI is InChI=1S/C10H20N2O/c1-10(2,3)12(4)7-8-5-9(13)6-11-8/h8,11H,5-7H2,1-4H3. The lowest BCUT2D eigenvalue weighted by molar-refractivity contribution is -0.116. The zero-order valence-corrected chi connectivity index (χ0v) is 9.05. The minimum absolute atomic E-state index is 0.188. The van der Waals surface area contributed by atoms with Crippen LogP contribution in [-0.2, 0) is 4.79 Å². The van der Waals surface area contributed by atoms with Crippen molar-refractivity contribution < 1.29 is 4.79 Å². The molecule has 1 saturated heterocycles. The van der Waals surface area contributed by atoms with Crippen LogP contribution in [0.1, 0.15) is 27.2 Å². The first-order valence-corrected chi connectivity index (χ1v) is 4.86. The number of ketones is 1. The number of carbonyl (C=O) groups is 1. The predicted octanol–water partition coefficient (Wildman–Crippen LogP) is 0.648. The monoisotopic (exact) mass is 184 g/mol. The van der Waals surface area contributed by atoms with E-state index in [0.29, 0.717) is 24.8 Å².